The van der Waals surface area contributed by atoms with E-state index in [0.29, 0.717) is 19.0 Å². The summed E-state index contributed by atoms with van der Waals surface area (Å²) in [5.74, 6) is -0.132. The maximum atomic E-state index is 10.3. The lowest BCUT2D eigenvalue weighted by atomic mass is 9.93. The van der Waals surface area contributed by atoms with Gasteiger partial charge in [0.15, 0.2) is 0 Å². The maximum absolute atomic E-state index is 10.3. The van der Waals surface area contributed by atoms with Gasteiger partial charge in [-0.15, -0.1) is 0 Å². The van der Waals surface area contributed by atoms with E-state index < -0.39 is 10.1 Å². The zero-order chi connectivity index (χ0) is 9.03. The third-order valence-electron chi connectivity index (χ3n) is 2.12. The minimum atomic E-state index is -3.75. The van der Waals surface area contributed by atoms with Gasteiger partial charge in [0.1, 0.15) is 0 Å². The van der Waals surface area contributed by atoms with Gasteiger partial charge in [-0.2, -0.15) is 8.42 Å². The Labute approximate surface area is 73.1 Å². The summed E-state index contributed by atoms with van der Waals surface area (Å²) < 4.78 is 29.0. The van der Waals surface area contributed by atoms with Crippen molar-refractivity contribution in [2.45, 2.75) is 31.7 Å². The summed E-state index contributed by atoms with van der Waals surface area (Å²) in [6.45, 7) is 0.685. The highest BCUT2D eigenvalue weighted by Gasteiger charge is 2.15. The molecule has 4 nitrogen and oxygen atoms in total. The highest BCUT2D eigenvalue weighted by Crippen LogP contribution is 2.17. The van der Waals surface area contributed by atoms with Crippen LogP contribution in [0.25, 0.3) is 0 Å². The van der Waals surface area contributed by atoms with Gasteiger partial charge in [-0.05, 0) is 25.8 Å². The molecule has 1 fully saturated rings. The van der Waals surface area contributed by atoms with Crippen molar-refractivity contribution >= 4 is 10.1 Å². The van der Waals surface area contributed by atoms with E-state index in [1.54, 1.807) is 0 Å². The maximum Gasteiger partial charge on any atom is 0.264 e. The quantitative estimate of drug-likeness (QED) is 0.490. The lowest BCUT2D eigenvalue weighted by molar-refractivity contribution is 0.340. The van der Waals surface area contributed by atoms with Gasteiger partial charge >= 0.3 is 0 Å². The Morgan fingerprint density at radius 1 is 1.42 bits per heavy atom. The van der Waals surface area contributed by atoms with Crippen LogP contribution in [-0.2, 0) is 10.1 Å². The molecule has 12 heavy (non-hydrogen) atoms. The van der Waals surface area contributed by atoms with Crippen LogP contribution in [0, 0.1) is 0 Å². The zero-order valence-corrected chi connectivity index (χ0v) is 7.81. The largest absolute Gasteiger partial charge is 0.314 e. The standard InChI is InChI=1S/C7H15NO3S/c9-12(10,11)6-2-5-8-7-3-1-4-7/h7-8H,1-6H2,(H,9,10,11). The molecular weight excluding hydrogens is 178 g/mol. The van der Waals surface area contributed by atoms with Gasteiger partial charge in [0.05, 0.1) is 5.75 Å². The van der Waals surface area contributed by atoms with Crippen molar-refractivity contribution in [1.82, 2.24) is 5.32 Å². The van der Waals surface area contributed by atoms with Crippen LogP contribution < -0.4 is 5.32 Å². The third-order valence-corrected chi connectivity index (χ3v) is 2.92. The lowest BCUT2D eigenvalue weighted by Crippen LogP contribution is -2.36. The van der Waals surface area contributed by atoms with Crippen LogP contribution in [0.5, 0.6) is 0 Å². The molecule has 0 aromatic heterocycles. The molecule has 0 radical (unpaired) electrons. The van der Waals surface area contributed by atoms with Gasteiger partial charge in [0, 0.05) is 6.04 Å². The topological polar surface area (TPSA) is 66.4 Å². The summed E-state index contributed by atoms with van der Waals surface area (Å²) in [6, 6.07) is 0.589. The average molecular weight is 193 g/mol. The molecule has 0 aliphatic heterocycles. The molecule has 1 aliphatic rings. The second-order valence-electron chi connectivity index (χ2n) is 3.22. The molecular formula is C7H15NO3S. The summed E-state index contributed by atoms with van der Waals surface area (Å²) in [6.07, 6.45) is 4.17. The van der Waals surface area contributed by atoms with E-state index in [-0.39, 0.29) is 5.75 Å². The SMILES string of the molecule is O=S(=O)(O)CCCNC1CCC1. The normalized spacial score (nSPS) is 19.1. The van der Waals surface area contributed by atoms with Crippen LogP contribution in [-0.4, -0.2) is 31.3 Å². The van der Waals surface area contributed by atoms with E-state index in [2.05, 4.69) is 5.32 Å². The Kier molecular flexibility index (Phi) is 3.49. The van der Waals surface area contributed by atoms with Crippen molar-refractivity contribution in [2.75, 3.05) is 12.3 Å². The second kappa shape index (κ2) is 4.20. The molecule has 0 spiro atoms. The second-order valence-corrected chi connectivity index (χ2v) is 4.79. The number of nitrogens with one attached hydrogen (secondary N) is 1. The summed E-state index contributed by atoms with van der Waals surface area (Å²) in [5.41, 5.74) is 0. The Balaban J connectivity index is 1.95. The molecule has 0 aromatic rings. The molecule has 2 N–H and O–H groups in total. The molecule has 72 valence electrons. The van der Waals surface area contributed by atoms with Gasteiger partial charge in [-0.1, -0.05) is 6.42 Å². The van der Waals surface area contributed by atoms with Gasteiger partial charge in [-0.3, -0.25) is 4.55 Å². The summed E-state index contributed by atoms with van der Waals surface area (Å²) in [5, 5.41) is 3.22. The molecule has 0 unspecified atom stereocenters. The average Bonchev–Trinajstić information content (AvgIpc) is 1.80. The number of rotatable bonds is 5. The molecule has 0 saturated heterocycles. The van der Waals surface area contributed by atoms with Crippen molar-refractivity contribution in [1.29, 1.82) is 0 Å². The fraction of sp³-hybridized carbons (Fsp3) is 1.00. The van der Waals surface area contributed by atoms with E-state index >= 15 is 0 Å². The van der Waals surface area contributed by atoms with E-state index in [0.717, 1.165) is 0 Å². The first-order valence-corrected chi connectivity index (χ1v) is 5.87. The van der Waals surface area contributed by atoms with Crippen LogP contribution in [0.15, 0.2) is 0 Å². The molecule has 1 aliphatic carbocycles. The molecule has 0 bridgehead atoms. The third kappa shape index (κ3) is 4.04. The summed E-state index contributed by atoms with van der Waals surface area (Å²) in [4.78, 5) is 0. The smallest absolute Gasteiger partial charge is 0.264 e. The molecule has 0 atom stereocenters. The lowest BCUT2D eigenvalue weighted by Gasteiger charge is -2.26. The van der Waals surface area contributed by atoms with Crippen molar-refractivity contribution in [2.24, 2.45) is 0 Å². The van der Waals surface area contributed by atoms with Crippen LogP contribution in [0.2, 0.25) is 0 Å². The number of hydrogen-bond donors (Lipinski definition) is 2. The van der Waals surface area contributed by atoms with Crippen LogP contribution in [0.4, 0.5) is 0 Å². The van der Waals surface area contributed by atoms with Crippen LogP contribution in [0.1, 0.15) is 25.7 Å². The molecule has 5 heteroatoms. The van der Waals surface area contributed by atoms with E-state index in [1.807, 2.05) is 0 Å². The van der Waals surface area contributed by atoms with Crippen molar-refractivity contribution in [3.8, 4) is 0 Å². The zero-order valence-electron chi connectivity index (χ0n) is 6.99. The highest BCUT2D eigenvalue weighted by molar-refractivity contribution is 7.85. The van der Waals surface area contributed by atoms with Gasteiger partial charge in [-0.25, -0.2) is 0 Å². The first-order chi connectivity index (χ1) is 5.58. The van der Waals surface area contributed by atoms with Gasteiger partial charge < -0.3 is 5.32 Å². The molecule has 1 rings (SSSR count). The Bertz CT molecular complexity index is 221. The van der Waals surface area contributed by atoms with E-state index in [9.17, 15) is 8.42 Å². The predicted octanol–water partition coefficient (Wildman–Crippen LogP) is 0.406. The molecule has 1 saturated carbocycles. The Hall–Kier alpha value is -0.130. The summed E-state index contributed by atoms with van der Waals surface area (Å²) in [7, 11) is -3.75. The Morgan fingerprint density at radius 2 is 2.08 bits per heavy atom. The molecule has 0 amide bonds. The van der Waals surface area contributed by atoms with Crippen molar-refractivity contribution in [3.63, 3.8) is 0 Å². The molecule has 0 heterocycles. The van der Waals surface area contributed by atoms with E-state index in [4.69, 9.17) is 4.55 Å². The minimum absolute atomic E-state index is 0.132. The first-order valence-electron chi connectivity index (χ1n) is 4.26. The fourth-order valence-electron chi connectivity index (χ4n) is 1.17. The Morgan fingerprint density at radius 3 is 2.50 bits per heavy atom. The van der Waals surface area contributed by atoms with Crippen LogP contribution >= 0.6 is 0 Å². The molecule has 0 aromatic carbocycles. The van der Waals surface area contributed by atoms with E-state index in [1.165, 1.54) is 19.3 Å². The first kappa shape index (κ1) is 9.95. The van der Waals surface area contributed by atoms with Crippen molar-refractivity contribution < 1.29 is 13.0 Å². The van der Waals surface area contributed by atoms with Gasteiger partial charge in [0.2, 0.25) is 0 Å². The fourth-order valence-corrected chi connectivity index (χ4v) is 1.68. The highest BCUT2D eigenvalue weighted by atomic mass is 32.2. The monoisotopic (exact) mass is 193 g/mol. The van der Waals surface area contributed by atoms with Crippen molar-refractivity contribution in [3.05, 3.63) is 0 Å². The van der Waals surface area contributed by atoms with Crippen LogP contribution in [0.3, 0.4) is 0 Å². The summed E-state index contributed by atoms with van der Waals surface area (Å²) >= 11 is 0. The minimum Gasteiger partial charge on any atom is -0.314 e. The predicted molar refractivity (Wildman–Crippen MR) is 46.7 cm³/mol. The van der Waals surface area contributed by atoms with Gasteiger partial charge in [0.25, 0.3) is 10.1 Å². The number of hydrogen-bond acceptors (Lipinski definition) is 3.